The van der Waals surface area contributed by atoms with E-state index < -0.39 is 0 Å². The molecule has 6 heteroatoms. The van der Waals surface area contributed by atoms with Crippen molar-refractivity contribution in [1.82, 2.24) is 9.55 Å². The van der Waals surface area contributed by atoms with Crippen molar-refractivity contribution in [3.8, 4) is 0 Å². The molecule has 0 radical (unpaired) electrons. The van der Waals surface area contributed by atoms with Crippen LogP contribution >= 0.6 is 11.3 Å². The summed E-state index contributed by atoms with van der Waals surface area (Å²) in [6, 6.07) is 0. The molecule has 0 bridgehead atoms. The molecular formula is C18H22N2O3S. The van der Waals surface area contributed by atoms with Gasteiger partial charge in [-0.15, -0.1) is 11.3 Å². The molecule has 1 fully saturated rings. The highest BCUT2D eigenvalue weighted by molar-refractivity contribution is 7.18. The Hall–Kier alpha value is -1.69. The maximum absolute atomic E-state index is 12.8. The first kappa shape index (κ1) is 15.8. The molecule has 0 N–H and O–H groups in total. The zero-order valence-electron chi connectivity index (χ0n) is 13.9. The average molecular weight is 346 g/mol. The number of fused-ring (bicyclic) bond motifs is 3. The van der Waals surface area contributed by atoms with Gasteiger partial charge >= 0.3 is 5.97 Å². The molecule has 4 rings (SSSR count). The van der Waals surface area contributed by atoms with Crippen molar-refractivity contribution in [2.24, 2.45) is 5.92 Å². The van der Waals surface area contributed by atoms with Crippen LogP contribution < -0.4 is 5.56 Å². The number of esters is 1. The fourth-order valence-electron chi connectivity index (χ4n) is 3.85. The first-order valence-corrected chi connectivity index (χ1v) is 9.62. The van der Waals surface area contributed by atoms with Gasteiger partial charge in [0.05, 0.1) is 11.7 Å². The maximum Gasteiger partial charge on any atom is 0.326 e. The molecule has 5 nitrogen and oxygen atoms in total. The number of carbonyl (C=O) groups excluding carboxylic acids is 1. The molecule has 2 aromatic rings. The van der Waals surface area contributed by atoms with Crippen LogP contribution in [0.5, 0.6) is 0 Å². The van der Waals surface area contributed by atoms with E-state index in [1.165, 1.54) is 15.8 Å². The summed E-state index contributed by atoms with van der Waals surface area (Å²) < 4.78 is 6.87. The molecule has 2 aliphatic rings. The number of nitrogens with zero attached hydrogens (tertiary/aromatic N) is 2. The number of hydrogen-bond donors (Lipinski definition) is 0. The molecule has 2 aromatic heterocycles. The molecule has 0 amide bonds. The monoisotopic (exact) mass is 346 g/mol. The smallest absolute Gasteiger partial charge is 0.326 e. The Labute approximate surface area is 144 Å². The molecule has 2 heterocycles. The van der Waals surface area contributed by atoms with Crippen LogP contribution in [0.25, 0.3) is 10.2 Å². The maximum atomic E-state index is 12.8. The highest BCUT2D eigenvalue weighted by atomic mass is 32.1. The van der Waals surface area contributed by atoms with Gasteiger partial charge in [-0.05, 0) is 56.4 Å². The van der Waals surface area contributed by atoms with Gasteiger partial charge < -0.3 is 4.74 Å². The predicted molar refractivity (Wildman–Crippen MR) is 93.4 cm³/mol. The Morgan fingerprint density at radius 1 is 1.38 bits per heavy atom. The molecular weight excluding hydrogens is 324 g/mol. The number of aryl methyl sites for hydroxylation is 1. The van der Waals surface area contributed by atoms with Gasteiger partial charge in [-0.25, -0.2) is 4.98 Å². The van der Waals surface area contributed by atoms with Crippen molar-refractivity contribution in [1.29, 1.82) is 0 Å². The number of hydrogen-bond acceptors (Lipinski definition) is 5. The minimum atomic E-state index is -0.331. The normalized spacial score (nSPS) is 21.1. The Morgan fingerprint density at radius 3 is 2.96 bits per heavy atom. The van der Waals surface area contributed by atoms with Crippen LogP contribution in [0.4, 0.5) is 0 Å². The number of carbonyl (C=O) groups is 1. The molecule has 0 aliphatic heterocycles. The fourth-order valence-corrected chi connectivity index (χ4v) is 5.19. The van der Waals surface area contributed by atoms with Gasteiger partial charge in [0, 0.05) is 4.88 Å². The van der Waals surface area contributed by atoms with E-state index in [4.69, 9.17) is 4.74 Å². The van der Waals surface area contributed by atoms with Crippen LogP contribution in [0.15, 0.2) is 11.1 Å². The van der Waals surface area contributed by atoms with Crippen LogP contribution in [-0.2, 0) is 28.9 Å². The van der Waals surface area contributed by atoms with Crippen LogP contribution in [0.1, 0.15) is 49.5 Å². The van der Waals surface area contributed by atoms with Crippen molar-refractivity contribution in [3.05, 3.63) is 27.1 Å². The van der Waals surface area contributed by atoms with Gasteiger partial charge in [-0.3, -0.25) is 14.2 Å². The topological polar surface area (TPSA) is 61.2 Å². The third kappa shape index (κ3) is 2.88. The zero-order chi connectivity index (χ0) is 16.7. The van der Waals surface area contributed by atoms with E-state index in [1.54, 1.807) is 11.3 Å². The largest absolute Gasteiger partial charge is 0.461 e. The standard InChI is InChI=1S/C18H22N2O3S/c1-11-6-7-13-14(8-11)24-17-16(13)18(22)20(10-19-17)9-15(21)23-12-4-2-3-5-12/h10-12H,2-9H2,1H3/t11-/m1/s1. The third-order valence-electron chi connectivity index (χ3n) is 5.18. The SMILES string of the molecule is C[C@@H]1CCc2c(sc3ncn(CC(=O)OC4CCCC4)c(=O)c23)C1. The summed E-state index contributed by atoms with van der Waals surface area (Å²) in [7, 11) is 0. The number of ether oxygens (including phenoxy) is 1. The second-order valence-corrected chi connectivity index (χ2v) is 8.19. The Morgan fingerprint density at radius 2 is 2.17 bits per heavy atom. The summed E-state index contributed by atoms with van der Waals surface area (Å²) in [5, 5.41) is 0.720. The highest BCUT2D eigenvalue weighted by Gasteiger charge is 2.24. The number of rotatable bonds is 3. The summed E-state index contributed by atoms with van der Waals surface area (Å²) in [4.78, 5) is 31.5. The fraction of sp³-hybridized carbons (Fsp3) is 0.611. The lowest BCUT2D eigenvalue weighted by Gasteiger charge is -2.17. The summed E-state index contributed by atoms with van der Waals surface area (Å²) in [5.74, 6) is 0.331. The first-order chi connectivity index (χ1) is 11.6. The summed E-state index contributed by atoms with van der Waals surface area (Å²) in [6.45, 7) is 2.21. The van der Waals surface area contributed by atoms with Gasteiger partial charge in [0.25, 0.3) is 5.56 Å². The Kier molecular flexibility index (Phi) is 4.16. The molecule has 1 saturated carbocycles. The second-order valence-electron chi connectivity index (χ2n) is 7.11. The van der Waals surface area contributed by atoms with Crippen LogP contribution in [0.3, 0.4) is 0 Å². The quantitative estimate of drug-likeness (QED) is 0.802. The minimum Gasteiger partial charge on any atom is -0.461 e. The minimum absolute atomic E-state index is 0.0280. The van der Waals surface area contributed by atoms with Gasteiger partial charge in [-0.1, -0.05) is 6.92 Å². The van der Waals surface area contributed by atoms with E-state index in [-0.39, 0.29) is 24.2 Å². The van der Waals surface area contributed by atoms with Crippen molar-refractivity contribution >= 4 is 27.5 Å². The Bertz CT molecular complexity index is 833. The molecule has 0 saturated heterocycles. The molecule has 0 aromatic carbocycles. The first-order valence-electron chi connectivity index (χ1n) is 8.81. The Balaban J connectivity index is 1.61. The van der Waals surface area contributed by atoms with E-state index >= 15 is 0 Å². The molecule has 128 valence electrons. The van der Waals surface area contributed by atoms with Crippen molar-refractivity contribution in [3.63, 3.8) is 0 Å². The molecule has 24 heavy (non-hydrogen) atoms. The second kappa shape index (κ2) is 6.31. The molecule has 0 spiro atoms. The van der Waals surface area contributed by atoms with Gasteiger partial charge in [0.15, 0.2) is 0 Å². The summed E-state index contributed by atoms with van der Waals surface area (Å²) in [5.41, 5.74) is 1.06. The molecule has 2 aliphatic carbocycles. The van der Waals surface area contributed by atoms with E-state index in [1.807, 2.05) is 0 Å². The number of thiophene rings is 1. The third-order valence-corrected chi connectivity index (χ3v) is 6.34. The number of aromatic nitrogens is 2. The molecule has 1 atom stereocenters. The lowest BCUT2D eigenvalue weighted by atomic mass is 9.89. The van der Waals surface area contributed by atoms with E-state index in [0.29, 0.717) is 5.92 Å². The van der Waals surface area contributed by atoms with E-state index in [0.717, 1.165) is 60.7 Å². The van der Waals surface area contributed by atoms with E-state index in [9.17, 15) is 9.59 Å². The zero-order valence-corrected chi connectivity index (χ0v) is 14.7. The van der Waals surface area contributed by atoms with Crippen LogP contribution in [0, 0.1) is 5.92 Å². The van der Waals surface area contributed by atoms with Gasteiger partial charge in [0.2, 0.25) is 0 Å². The van der Waals surface area contributed by atoms with E-state index in [2.05, 4.69) is 11.9 Å². The highest BCUT2D eigenvalue weighted by Crippen LogP contribution is 2.35. The lowest BCUT2D eigenvalue weighted by molar-refractivity contribution is -0.149. The summed E-state index contributed by atoms with van der Waals surface area (Å²) >= 11 is 1.63. The van der Waals surface area contributed by atoms with Crippen molar-refractivity contribution in [2.45, 2.75) is 64.5 Å². The molecule has 0 unspecified atom stereocenters. The van der Waals surface area contributed by atoms with Gasteiger partial charge in [0.1, 0.15) is 17.5 Å². The van der Waals surface area contributed by atoms with Crippen molar-refractivity contribution < 1.29 is 9.53 Å². The average Bonchev–Trinajstić information content (AvgIpc) is 3.16. The summed E-state index contributed by atoms with van der Waals surface area (Å²) in [6.07, 6.45) is 8.70. The van der Waals surface area contributed by atoms with Crippen molar-refractivity contribution in [2.75, 3.05) is 0 Å². The lowest BCUT2D eigenvalue weighted by Crippen LogP contribution is -2.27. The van der Waals surface area contributed by atoms with Crippen LogP contribution in [-0.4, -0.2) is 21.6 Å². The van der Waals surface area contributed by atoms with Crippen LogP contribution in [0.2, 0.25) is 0 Å². The van der Waals surface area contributed by atoms with Gasteiger partial charge in [-0.2, -0.15) is 0 Å². The predicted octanol–water partition coefficient (Wildman–Crippen LogP) is 3.07.